The first-order chi connectivity index (χ1) is 12.3. The molecule has 138 valence electrons. The maximum absolute atomic E-state index is 13.7. The van der Waals surface area contributed by atoms with Gasteiger partial charge in [-0.3, -0.25) is 29.4 Å². The molecule has 0 spiro atoms. The topological polar surface area (TPSA) is 130 Å². The van der Waals surface area contributed by atoms with E-state index >= 15 is 0 Å². The van der Waals surface area contributed by atoms with Crippen LogP contribution in [0.5, 0.6) is 0 Å². The van der Waals surface area contributed by atoms with Gasteiger partial charge in [0, 0.05) is 18.7 Å². The first kappa shape index (κ1) is 19.0. The Kier molecular flexibility index (Phi) is 5.60. The molecule has 1 saturated heterocycles. The van der Waals surface area contributed by atoms with Crippen LogP contribution in [0.1, 0.15) is 19.8 Å². The second-order valence-electron chi connectivity index (χ2n) is 5.45. The number of hydrogen-bond donors (Lipinski definition) is 1. The third-order valence-corrected chi connectivity index (χ3v) is 3.61. The van der Waals surface area contributed by atoms with Crippen molar-refractivity contribution < 1.29 is 28.5 Å². The zero-order valence-electron chi connectivity index (χ0n) is 13.7. The third kappa shape index (κ3) is 3.82. The molecule has 1 fully saturated rings. The molecule has 0 aliphatic carbocycles. The molecule has 0 unspecified atom stereocenters. The molecule has 0 atom stereocenters. The predicted molar refractivity (Wildman–Crippen MR) is 85.4 cm³/mol. The number of nitrogens with one attached hydrogen (secondary N) is 1. The Morgan fingerprint density at radius 2 is 1.88 bits per heavy atom. The average molecular weight is 366 g/mol. The van der Waals surface area contributed by atoms with E-state index in [0.717, 1.165) is 23.1 Å². The van der Waals surface area contributed by atoms with E-state index in [0.29, 0.717) is 17.7 Å². The summed E-state index contributed by atoms with van der Waals surface area (Å²) in [6.07, 6.45) is 1.20. The monoisotopic (exact) mass is 366 g/mol. The molecule has 26 heavy (non-hydrogen) atoms. The Labute approximate surface area is 146 Å². The van der Waals surface area contributed by atoms with Crippen LogP contribution in [0.3, 0.4) is 0 Å². The number of carbonyl (C=O) groups is 4. The summed E-state index contributed by atoms with van der Waals surface area (Å²) in [6.45, 7) is 1.08. The number of anilines is 1. The van der Waals surface area contributed by atoms with Crippen molar-refractivity contribution in [2.45, 2.75) is 19.8 Å². The van der Waals surface area contributed by atoms with Crippen LogP contribution in [0, 0.1) is 15.9 Å². The van der Waals surface area contributed by atoms with Crippen LogP contribution in [-0.2, 0) is 14.4 Å². The number of amides is 5. The third-order valence-electron chi connectivity index (χ3n) is 3.61. The maximum Gasteiger partial charge on any atom is 0.334 e. The largest absolute Gasteiger partial charge is 0.334 e. The van der Waals surface area contributed by atoms with Crippen molar-refractivity contribution in [3.05, 3.63) is 34.1 Å². The zero-order valence-corrected chi connectivity index (χ0v) is 13.7. The van der Waals surface area contributed by atoms with E-state index in [2.05, 4.69) is 5.32 Å². The van der Waals surface area contributed by atoms with Gasteiger partial charge in [0.25, 0.3) is 5.69 Å². The summed E-state index contributed by atoms with van der Waals surface area (Å²) in [6, 6.07) is 1.60. The summed E-state index contributed by atoms with van der Waals surface area (Å²) in [5.41, 5.74) is -0.923. The number of rotatable bonds is 7. The second kappa shape index (κ2) is 7.68. The number of nitro groups is 1. The number of nitro benzene ring substituents is 1. The molecule has 2 rings (SSSR count). The van der Waals surface area contributed by atoms with E-state index in [1.165, 1.54) is 0 Å². The van der Waals surface area contributed by atoms with Crippen molar-refractivity contribution in [3.63, 3.8) is 0 Å². The highest BCUT2D eigenvalue weighted by Crippen LogP contribution is 2.21. The van der Waals surface area contributed by atoms with Crippen molar-refractivity contribution in [2.75, 3.05) is 18.4 Å². The second-order valence-corrected chi connectivity index (χ2v) is 5.45. The van der Waals surface area contributed by atoms with Gasteiger partial charge in [-0.05, 0) is 12.5 Å². The summed E-state index contributed by atoms with van der Waals surface area (Å²) in [4.78, 5) is 58.9. The molecule has 0 aromatic heterocycles. The van der Waals surface area contributed by atoms with Gasteiger partial charge in [0.1, 0.15) is 12.4 Å². The van der Waals surface area contributed by atoms with Gasteiger partial charge in [-0.2, -0.15) is 0 Å². The summed E-state index contributed by atoms with van der Waals surface area (Å²) < 4.78 is 13.7. The number of non-ortho nitro benzene ring substituents is 1. The van der Waals surface area contributed by atoms with Crippen molar-refractivity contribution in [2.24, 2.45) is 0 Å². The highest BCUT2D eigenvalue weighted by molar-refractivity contribution is 6.45. The normalized spacial score (nSPS) is 14.2. The molecule has 0 bridgehead atoms. The van der Waals surface area contributed by atoms with Gasteiger partial charge in [0.15, 0.2) is 0 Å². The van der Waals surface area contributed by atoms with Crippen molar-refractivity contribution in [1.82, 2.24) is 9.80 Å². The molecule has 11 heteroatoms. The Balaban J connectivity index is 2.09. The molecule has 1 aromatic rings. The van der Waals surface area contributed by atoms with E-state index in [4.69, 9.17) is 0 Å². The number of hydrogen-bond acceptors (Lipinski definition) is 6. The van der Waals surface area contributed by atoms with E-state index in [1.807, 2.05) is 6.92 Å². The molecule has 1 aliphatic rings. The van der Waals surface area contributed by atoms with Gasteiger partial charge in [-0.15, -0.1) is 0 Å². The van der Waals surface area contributed by atoms with Crippen LogP contribution < -0.4 is 5.32 Å². The minimum atomic E-state index is -1.15. The molecule has 10 nitrogen and oxygen atoms in total. The van der Waals surface area contributed by atoms with E-state index in [1.54, 1.807) is 0 Å². The molecule has 1 aliphatic heterocycles. The lowest BCUT2D eigenvalue weighted by Gasteiger charge is -2.15. The van der Waals surface area contributed by atoms with Crippen LogP contribution in [0.15, 0.2) is 18.2 Å². The summed E-state index contributed by atoms with van der Waals surface area (Å²) >= 11 is 0. The quantitative estimate of drug-likeness (QED) is 0.335. The molecule has 0 radical (unpaired) electrons. The average Bonchev–Trinajstić information content (AvgIpc) is 2.78. The zero-order chi connectivity index (χ0) is 19.4. The minimum absolute atomic E-state index is 0.0531. The molecular weight excluding hydrogens is 351 g/mol. The molecule has 1 heterocycles. The fourth-order valence-corrected chi connectivity index (χ4v) is 2.26. The van der Waals surface area contributed by atoms with E-state index in [9.17, 15) is 33.7 Å². The van der Waals surface area contributed by atoms with Gasteiger partial charge in [-0.25, -0.2) is 14.1 Å². The summed E-state index contributed by atoms with van der Waals surface area (Å²) in [7, 11) is 0. The number of nitrogens with zero attached hydrogens (tertiary/aromatic N) is 3. The number of unbranched alkanes of at least 4 members (excludes halogenated alkanes) is 1. The van der Waals surface area contributed by atoms with E-state index in [-0.39, 0.29) is 6.54 Å². The van der Waals surface area contributed by atoms with Crippen LogP contribution >= 0.6 is 0 Å². The first-order valence-corrected chi connectivity index (χ1v) is 7.67. The van der Waals surface area contributed by atoms with Gasteiger partial charge in [-0.1, -0.05) is 13.3 Å². The lowest BCUT2D eigenvalue weighted by Crippen LogP contribution is -2.39. The highest BCUT2D eigenvalue weighted by Gasteiger charge is 2.44. The SMILES string of the molecule is CCCCN1C(=O)C(=O)N(CC(=O)Nc2cc([N+](=O)[O-])ccc2F)C1=O. The van der Waals surface area contributed by atoms with Gasteiger partial charge >= 0.3 is 17.8 Å². The molecule has 1 N–H and O–H groups in total. The Morgan fingerprint density at radius 3 is 2.50 bits per heavy atom. The Hall–Kier alpha value is -3.37. The fourth-order valence-electron chi connectivity index (χ4n) is 2.26. The van der Waals surface area contributed by atoms with Gasteiger partial charge < -0.3 is 5.32 Å². The van der Waals surface area contributed by atoms with Gasteiger partial charge in [0.05, 0.1) is 10.6 Å². The van der Waals surface area contributed by atoms with Crippen molar-refractivity contribution in [1.29, 1.82) is 0 Å². The standard InChI is InChI=1S/C15H15FN4O6/c1-2-3-6-18-13(22)14(23)19(15(18)24)8-12(21)17-11-7-9(20(25)26)4-5-10(11)16/h4-5,7H,2-3,6,8H2,1H3,(H,17,21). The summed E-state index contributed by atoms with van der Waals surface area (Å²) in [5.74, 6) is -4.08. The Morgan fingerprint density at radius 1 is 1.23 bits per heavy atom. The molecular formula is C15H15FN4O6. The van der Waals surface area contributed by atoms with Crippen LogP contribution in [-0.4, -0.2) is 51.6 Å². The predicted octanol–water partition coefficient (Wildman–Crippen LogP) is 1.26. The van der Waals surface area contributed by atoms with Crippen molar-refractivity contribution >= 4 is 35.1 Å². The first-order valence-electron chi connectivity index (χ1n) is 7.67. The minimum Gasteiger partial charge on any atom is -0.322 e. The number of imide groups is 2. The van der Waals surface area contributed by atoms with Crippen LogP contribution in [0.2, 0.25) is 0 Å². The van der Waals surface area contributed by atoms with Crippen LogP contribution in [0.25, 0.3) is 0 Å². The smallest absolute Gasteiger partial charge is 0.322 e. The lowest BCUT2D eigenvalue weighted by atomic mass is 10.2. The maximum atomic E-state index is 13.7. The highest BCUT2D eigenvalue weighted by atomic mass is 19.1. The number of urea groups is 1. The Bertz CT molecular complexity index is 796. The lowest BCUT2D eigenvalue weighted by molar-refractivity contribution is -0.384. The molecule has 5 amide bonds. The number of benzene rings is 1. The van der Waals surface area contributed by atoms with Crippen molar-refractivity contribution in [3.8, 4) is 0 Å². The fraction of sp³-hybridized carbons (Fsp3) is 0.333. The number of carbonyl (C=O) groups excluding carboxylic acids is 4. The summed E-state index contributed by atoms with van der Waals surface area (Å²) in [5, 5.41) is 12.8. The van der Waals surface area contributed by atoms with Gasteiger partial charge in [0.2, 0.25) is 5.91 Å². The molecule has 0 saturated carbocycles. The molecule has 1 aromatic carbocycles. The number of halogens is 1. The van der Waals surface area contributed by atoms with E-state index < -0.39 is 52.4 Å². The van der Waals surface area contributed by atoms with Crippen LogP contribution in [0.4, 0.5) is 20.6 Å².